The summed E-state index contributed by atoms with van der Waals surface area (Å²) < 4.78 is 16.5. The quantitative estimate of drug-likeness (QED) is 0.206. The van der Waals surface area contributed by atoms with Crippen molar-refractivity contribution < 1.29 is 28.6 Å². The summed E-state index contributed by atoms with van der Waals surface area (Å²) in [6.07, 6.45) is 5.12. The number of carbonyl (C=O) groups is 3. The van der Waals surface area contributed by atoms with Gasteiger partial charge in [0.05, 0.1) is 36.3 Å². The van der Waals surface area contributed by atoms with Crippen molar-refractivity contribution in [2.24, 2.45) is 0 Å². The summed E-state index contributed by atoms with van der Waals surface area (Å²) in [5, 5.41) is 2.84. The van der Waals surface area contributed by atoms with Gasteiger partial charge in [0, 0.05) is 0 Å². The standard InChI is InChI=1S/C25H26N2O7S2/c1-4-5-6-10-15-34-23(29)19-17(22(28)27(26-19)16-11-8-7-9-12-16)13-14-18-35-20(24(30)32-2)21(36-18)25(31)33-3/h7-9,11-13,26H,4-6,10,15H2,1-3H3. The third kappa shape index (κ3) is 6.42. The number of hydrogen-bond acceptors (Lipinski definition) is 9. The highest BCUT2D eigenvalue weighted by Crippen LogP contribution is 2.49. The predicted molar refractivity (Wildman–Crippen MR) is 139 cm³/mol. The zero-order valence-electron chi connectivity index (χ0n) is 20.1. The molecule has 190 valence electrons. The lowest BCUT2D eigenvalue weighted by Crippen LogP contribution is -2.15. The lowest BCUT2D eigenvalue weighted by atomic mass is 10.2. The number of methoxy groups -OCH3 is 2. The van der Waals surface area contributed by atoms with E-state index in [2.05, 4.69) is 17.8 Å². The van der Waals surface area contributed by atoms with E-state index in [-0.39, 0.29) is 27.7 Å². The van der Waals surface area contributed by atoms with Crippen LogP contribution in [0, 0.1) is 0 Å². The average Bonchev–Trinajstić information content (AvgIpc) is 3.48. The highest BCUT2D eigenvalue weighted by atomic mass is 32.2. The Morgan fingerprint density at radius 2 is 1.61 bits per heavy atom. The number of aromatic amines is 1. The van der Waals surface area contributed by atoms with Crippen molar-refractivity contribution in [3.63, 3.8) is 0 Å². The fourth-order valence-corrected chi connectivity index (χ4v) is 5.42. The first-order chi connectivity index (χ1) is 17.4. The molecule has 0 amide bonds. The fourth-order valence-electron chi connectivity index (χ4n) is 3.21. The Bertz CT molecular complexity index is 1260. The van der Waals surface area contributed by atoms with E-state index in [1.807, 2.05) is 6.07 Å². The van der Waals surface area contributed by atoms with Crippen LogP contribution in [0.2, 0.25) is 0 Å². The summed E-state index contributed by atoms with van der Waals surface area (Å²) in [7, 11) is 2.41. The molecule has 11 heteroatoms. The van der Waals surface area contributed by atoms with Crippen LogP contribution in [0.4, 0.5) is 0 Å². The second-order valence-corrected chi connectivity index (χ2v) is 9.79. The smallest absolute Gasteiger partial charge is 0.357 e. The molecule has 9 nitrogen and oxygen atoms in total. The molecule has 0 radical (unpaired) electrons. The molecular formula is C25H26N2O7S2. The van der Waals surface area contributed by atoms with Crippen molar-refractivity contribution in [3.8, 4) is 5.69 Å². The van der Waals surface area contributed by atoms with E-state index in [0.29, 0.717) is 9.92 Å². The van der Waals surface area contributed by atoms with Gasteiger partial charge >= 0.3 is 17.9 Å². The van der Waals surface area contributed by atoms with Crippen LogP contribution in [-0.4, -0.2) is 48.5 Å². The molecule has 0 unspecified atom stereocenters. The molecule has 0 atom stereocenters. The van der Waals surface area contributed by atoms with Gasteiger partial charge in [-0.3, -0.25) is 9.89 Å². The summed E-state index contributed by atoms with van der Waals surface area (Å²) in [4.78, 5) is 50.4. The Hall–Kier alpha value is -3.40. The molecule has 0 bridgehead atoms. The minimum Gasteiger partial charge on any atom is -0.465 e. The molecule has 0 aliphatic carbocycles. The van der Waals surface area contributed by atoms with Crippen LogP contribution in [0.1, 0.15) is 48.7 Å². The van der Waals surface area contributed by atoms with E-state index in [1.54, 1.807) is 24.3 Å². The number of esters is 3. The van der Waals surface area contributed by atoms with E-state index in [9.17, 15) is 19.2 Å². The summed E-state index contributed by atoms with van der Waals surface area (Å²) in [6, 6.07) is 8.80. The number of hydrogen-bond donors (Lipinski definition) is 1. The Kier molecular flexibility index (Phi) is 9.86. The van der Waals surface area contributed by atoms with Gasteiger partial charge < -0.3 is 14.2 Å². The number of unbranched alkanes of at least 4 members (excludes halogenated alkanes) is 3. The van der Waals surface area contributed by atoms with Gasteiger partial charge in [-0.05, 0) is 24.6 Å². The van der Waals surface area contributed by atoms with Gasteiger partial charge in [-0.1, -0.05) is 73.6 Å². The van der Waals surface area contributed by atoms with E-state index < -0.39 is 23.5 Å². The van der Waals surface area contributed by atoms with Gasteiger partial charge in [-0.25, -0.2) is 19.1 Å². The maximum Gasteiger partial charge on any atom is 0.357 e. The first kappa shape index (κ1) is 27.2. The van der Waals surface area contributed by atoms with Crippen LogP contribution in [0.25, 0.3) is 11.8 Å². The molecule has 0 saturated heterocycles. The van der Waals surface area contributed by atoms with E-state index in [0.717, 1.165) is 49.2 Å². The van der Waals surface area contributed by atoms with E-state index in [4.69, 9.17) is 14.2 Å². The minimum absolute atomic E-state index is 0.0187. The molecule has 3 rings (SSSR count). The maximum absolute atomic E-state index is 13.2. The predicted octanol–water partition coefficient (Wildman–Crippen LogP) is 4.39. The first-order valence-electron chi connectivity index (χ1n) is 11.2. The van der Waals surface area contributed by atoms with Crippen LogP contribution >= 0.6 is 23.5 Å². The largest absolute Gasteiger partial charge is 0.465 e. The van der Waals surface area contributed by atoms with Gasteiger partial charge in [-0.2, -0.15) is 0 Å². The van der Waals surface area contributed by atoms with Crippen molar-refractivity contribution in [3.05, 3.63) is 71.7 Å². The number of rotatable bonds is 10. The number of ether oxygens (including phenoxy) is 3. The van der Waals surface area contributed by atoms with Gasteiger partial charge in [0.1, 0.15) is 9.81 Å². The molecule has 1 aromatic carbocycles. The summed E-state index contributed by atoms with van der Waals surface area (Å²) in [5.74, 6) is -2.04. The van der Waals surface area contributed by atoms with Crippen LogP contribution in [0.5, 0.6) is 0 Å². The number of carbonyl (C=O) groups excluding carboxylic acids is 3. The lowest BCUT2D eigenvalue weighted by Gasteiger charge is -2.04. The lowest BCUT2D eigenvalue weighted by molar-refractivity contribution is -0.138. The second kappa shape index (κ2) is 13.1. The second-order valence-electron chi connectivity index (χ2n) is 7.49. The fraction of sp³-hybridized carbons (Fsp3) is 0.320. The molecule has 1 aromatic heterocycles. The third-order valence-electron chi connectivity index (χ3n) is 5.05. The average molecular weight is 531 g/mol. The summed E-state index contributed by atoms with van der Waals surface area (Å²) >= 11 is 1.93. The van der Waals surface area contributed by atoms with Crippen molar-refractivity contribution in [1.29, 1.82) is 0 Å². The van der Waals surface area contributed by atoms with E-state index >= 15 is 0 Å². The molecule has 0 saturated carbocycles. The molecule has 1 aliphatic heterocycles. The topological polar surface area (TPSA) is 117 Å². The number of benzene rings is 1. The molecule has 0 fully saturated rings. The van der Waals surface area contributed by atoms with E-state index in [1.165, 1.54) is 25.0 Å². The van der Waals surface area contributed by atoms with Crippen molar-refractivity contribution in [2.75, 3.05) is 20.8 Å². The van der Waals surface area contributed by atoms with Crippen LogP contribution in [0.3, 0.4) is 0 Å². The number of H-pyrrole nitrogens is 1. The van der Waals surface area contributed by atoms with Crippen LogP contribution in [0.15, 0.2) is 54.9 Å². The molecular weight excluding hydrogens is 504 g/mol. The Morgan fingerprint density at radius 1 is 0.972 bits per heavy atom. The SMILES string of the molecule is CCCCCCOC(=O)c1[nH]n(-c2ccccc2)c(=O)c1C=C=C1SC(C(=O)OC)=C(C(=O)OC)S1. The maximum atomic E-state index is 13.2. The molecule has 0 spiro atoms. The number of nitrogens with zero attached hydrogens (tertiary/aromatic N) is 1. The Morgan fingerprint density at radius 3 is 2.19 bits per heavy atom. The molecule has 2 heterocycles. The summed E-state index contributed by atoms with van der Waals surface area (Å²) in [6.45, 7) is 2.33. The minimum atomic E-state index is -0.690. The van der Waals surface area contributed by atoms with Gasteiger partial charge in [0.15, 0.2) is 5.69 Å². The number of nitrogens with one attached hydrogen (secondary N) is 1. The molecule has 36 heavy (non-hydrogen) atoms. The van der Waals surface area contributed by atoms with Crippen molar-refractivity contribution in [1.82, 2.24) is 9.78 Å². The first-order valence-corrected chi connectivity index (χ1v) is 12.8. The van der Waals surface area contributed by atoms with Crippen LogP contribution in [-0.2, 0) is 23.8 Å². The Balaban J connectivity index is 1.96. The molecule has 1 N–H and O–H groups in total. The van der Waals surface area contributed by atoms with Crippen LogP contribution < -0.4 is 5.56 Å². The Labute approximate surface area is 216 Å². The number of thioether (sulfide) groups is 2. The zero-order valence-corrected chi connectivity index (χ0v) is 21.8. The summed E-state index contributed by atoms with van der Waals surface area (Å²) in [5.41, 5.74) is 3.00. The third-order valence-corrected chi connectivity index (χ3v) is 7.43. The highest BCUT2D eigenvalue weighted by Gasteiger charge is 2.32. The zero-order chi connectivity index (χ0) is 26.1. The van der Waals surface area contributed by atoms with Gasteiger partial charge in [0.25, 0.3) is 5.56 Å². The van der Waals surface area contributed by atoms with Gasteiger partial charge in [0.2, 0.25) is 0 Å². The monoisotopic (exact) mass is 530 g/mol. The van der Waals surface area contributed by atoms with Crippen molar-refractivity contribution in [2.45, 2.75) is 32.6 Å². The molecule has 1 aliphatic rings. The van der Waals surface area contributed by atoms with Gasteiger partial charge in [-0.15, -0.1) is 0 Å². The van der Waals surface area contributed by atoms with Crippen molar-refractivity contribution >= 4 is 47.5 Å². The number of aromatic nitrogens is 2. The number of para-hydroxylation sites is 1. The molecule has 2 aromatic rings. The normalized spacial score (nSPS) is 12.8. The highest BCUT2D eigenvalue weighted by molar-refractivity contribution is 8.29.